The predicted molar refractivity (Wildman–Crippen MR) is 81.5 cm³/mol. The quantitative estimate of drug-likeness (QED) is 0.293. The van der Waals surface area contributed by atoms with Crippen molar-refractivity contribution >= 4 is 28.2 Å². The monoisotopic (exact) mass is 372 g/mol. The smallest absolute Gasteiger partial charge is 0.348 e. The van der Waals surface area contributed by atoms with Crippen LogP contribution in [0.3, 0.4) is 0 Å². The first-order chi connectivity index (χ1) is 11.7. The number of urea groups is 1. The average molecular weight is 372 g/mol. The van der Waals surface area contributed by atoms with Crippen molar-refractivity contribution in [2.75, 3.05) is 6.54 Å². The maximum atomic E-state index is 12.2. The lowest BCUT2D eigenvalue weighted by molar-refractivity contribution is -0.119. The highest BCUT2D eigenvalue weighted by Crippen LogP contribution is 2.30. The van der Waals surface area contributed by atoms with Gasteiger partial charge in [0, 0.05) is 18.9 Å². The van der Waals surface area contributed by atoms with Crippen molar-refractivity contribution in [3.8, 4) is 0 Å². The second kappa shape index (κ2) is 6.42. The third-order valence-electron chi connectivity index (χ3n) is 3.99. The Balaban J connectivity index is 1.63. The van der Waals surface area contributed by atoms with Crippen LogP contribution in [0.2, 0.25) is 0 Å². The minimum absolute atomic E-state index is 0.0450. The van der Waals surface area contributed by atoms with Crippen LogP contribution >= 0.6 is 0 Å². The average Bonchev–Trinajstić information content (AvgIpc) is 3.09. The van der Waals surface area contributed by atoms with E-state index in [0.717, 1.165) is 0 Å². The van der Waals surface area contributed by atoms with E-state index in [1.165, 1.54) is 11.1 Å². The van der Waals surface area contributed by atoms with Gasteiger partial charge in [0.15, 0.2) is 0 Å². The molecule has 2 bridgehead atoms. The second-order valence-electron chi connectivity index (χ2n) is 5.68. The summed E-state index contributed by atoms with van der Waals surface area (Å²) in [6.45, 7) is 0.134. The lowest BCUT2D eigenvalue weighted by Crippen LogP contribution is -2.51. The Bertz CT molecular complexity index is 793. The summed E-state index contributed by atoms with van der Waals surface area (Å²) in [5, 5.41) is 11.1. The molecule has 25 heavy (non-hydrogen) atoms. The van der Waals surface area contributed by atoms with Gasteiger partial charge in [-0.2, -0.15) is 13.5 Å². The van der Waals surface area contributed by atoms with E-state index in [1.807, 2.05) is 0 Å². The number of hydroxylamine groups is 2. The second-order valence-corrected chi connectivity index (χ2v) is 6.69. The summed E-state index contributed by atoms with van der Waals surface area (Å²) >= 11 is 0. The fraction of sp³-hybridized carbons (Fsp3) is 0.500. The number of hydrogen-bond acceptors (Lipinski definition) is 7. The first-order valence-corrected chi connectivity index (χ1v) is 8.74. The van der Waals surface area contributed by atoms with Crippen LogP contribution in [0.15, 0.2) is 12.4 Å². The van der Waals surface area contributed by atoms with Crippen molar-refractivity contribution < 1.29 is 26.8 Å². The molecule has 2 saturated heterocycles. The van der Waals surface area contributed by atoms with Crippen molar-refractivity contribution in [1.29, 1.82) is 5.41 Å². The molecule has 4 N–H and O–H groups in total. The number of nitrogens with one attached hydrogen (secondary N) is 3. The summed E-state index contributed by atoms with van der Waals surface area (Å²) < 4.78 is 34.8. The van der Waals surface area contributed by atoms with Crippen LogP contribution in [-0.2, 0) is 25.9 Å². The molecule has 136 valence electrons. The standard InChI is InChI=1S/C12H16N6O6S/c13-11(16-10(19)5-9-14-3-4-15-9)8-2-1-7-6-17(8)12(20)18(7)24-25(21,22)23/h3-4,7-8H,1-2,5-6H2,(H,14,15)(H2,13,16,19)(H,21,22,23)/t7-,8+/m1/s1. The van der Waals surface area contributed by atoms with Gasteiger partial charge in [0.25, 0.3) is 0 Å². The van der Waals surface area contributed by atoms with E-state index in [1.54, 1.807) is 6.20 Å². The lowest BCUT2D eigenvalue weighted by atomic mass is 10.00. The molecular formula is C12H16N6O6S. The molecule has 12 nitrogen and oxygen atoms in total. The normalized spacial score (nSPS) is 23.0. The van der Waals surface area contributed by atoms with Crippen molar-refractivity contribution in [2.45, 2.75) is 31.3 Å². The summed E-state index contributed by atoms with van der Waals surface area (Å²) in [6.07, 6.45) is 3.74. The number of carbonyl (C=O) groups excluding carboxylic acids is 2. The Kier molecular flexibility index (Phi) is 4.45. The topological polar surface area (TPSA) is 169 Å². The molecule has 0 aromatic carbocycles. The number of carbonyl (C=O) groups is 2. The van der Waals surface area contributed by atoms with Crippen LogP contribution in [0.5, 0.6) is 0 Å². The van der Waals surface area contributed by atoms with Crippen LogP contribution in [0.4, 0.5) is 4.79 Å². The molecule has 13 heteroatoms. The lowest BCUT2D eigenvalue weighted by Gasteiger charge is -2.30. The van der Waals surface area contributed by atoms with Crippen LogP contribution in [-0.4, -0.2) is 69.3 Å². The van der Waals surface area contributed by atoms with Gasteiger partial charge in [0.05, 0.1) is 18.5 Å². The molecule has 0 spiro atoms. The van der Waals surface area contributed by atoms with E-state index in [2.05, 4.69) is 19.6 Å². The summed E-state index contributed by atoms with van der Waals surface area (Å²) in [6, 6.07) is -2.04. The summed E-state index contributed by atoms with van der Waals surface area (Å²) in [7, 11) is -4.82. The highest BCUT2D eigenvalue weighted by Gasteiger charge is 2.48. The van der Waals surface area contributed by atoms with E-state index in [-0.39, 0.29) is 18.8 Å². The summed E-state index contributed by atoms with van der Waals surface area (Å²) in [5.74, 6) is -0.184. The van der Waals surface area contributed by atoms with Gasteiger partial charge < -0.3 is 15.2 Å². The van der Waals surface area contributed by atoms with Crippen LogP contribution in [0.1, 0.15) is 18.7 Å². The van der Waals surface area contributed by atoms with E-state index < -0.39 is 34.4 Å². The van der Waals surface area contributed by atoms with Crippen molar-refractivity contribution in [3.05, 3.63) is 18.2 Å². The Morgan fingerprint density at radius 2 is 2.28 bits per heavy atom. The van der Waals surface area contributed by atoms with Gasteiger partial charge in [-0.05, 0) is 12.8 Å². The van der Waals surface area contributed by atoms with Crippen molar-refractivity contribution in [1.82, 2.24) is 25.2 Å². The number of nitrogens with zero attached hydrogens (tertiary/aromatic N) is 3. The van der Waals surface area contributed by atoms with Crippen LogP contribution < -0.4 is 5.32 Å². The SMILES string of the molecule is N=C(NC(=O)Cc1ncc[nH]1)[C@@H]1CC[C@@H]2CN1C(=O)N2OS(=O)(=O)O. The Morgan fingerprint density at radius 3 is 2.92 bits per heavy atom. The first-order valence-electron chi connectivity index (χ1n) is 7.38. The fourth-order valence-corrected chi connectivity index (χ4v) is 3.34. The number of rotatable bonds is 5. The maximum Gasteiger partial charge on any atom is 0.418 e. The first kappa shape index (κ1) is 17.3. The number of aromatic nitrogens is 2. The van der Waals surface area contributed by atoms with Gasteiger partial charge in [-0.15, -0.1) is 4.28 Å². The minimum Gasteiger partial charge on any atom is -0.348 e. The number of fused-ring (bicyclic) bond motifs is 2. The molecule has 0 saturated carbocycles. The Labute approximate surface area is 142 Å². The summed E-state index contributed by atoms with van der Waals surface area (Å²) in [4.78, 5) is 32.1. The Hall–Kier alpha value is -2.51. The number of hydrogen-bond donors (Lipinski definition) is 4. The van der Waals surface area contributed by atoms with Crippen LogP contribution in [0.25, 0.3) is 0 Å². The molecule has 0 unspecified atom stereocenters. The zero-order chi connectivity index (χ0) is 18.2. The molecule has 3 rings (SSSR count). The van der Waals surface area contributed by atoms with Gasteiger partial charge in [-0.3, -0.25) is 14.8 Å². The number of H-pyrrole nitrogens is 1. The number of imidazole rings is 1. The fourth-order valence-electron chi connectivity index (χ4n) is 2.96. The van der Waals surface area contributed by atoms with Crippen LogP contribution in [0, 0.1) is 5.41 Å². The number of aromatic amines is 1. The third-order valence-corrected chi connectivity index (χ3v) is 4.34. The number of amides is 3. The van der Waals surface area contributed by atoms with Crippen molar-refractivity contribution in [2.24, 2.45) is 0 Å². The molecule has 2 aliphatic heterocycles. The van der Waals surface area contributed by atoms with Gasteiger partial charge >= 0.3 is 16.4 Å². The molecule has 3 heterocycles. The van der Waals surface area contributed by atoms with E-state index in [4.69, 9.17) is 9.96 Å². The van der Waals surface area contributed by atoms with E-state index in [0.29, 0.717) is 23.7 Å². The Morgan fingerprint density at radius 1 is 1.52 bits per heavy atom. The predicted octanol–water partition coefficient (Wildman–Crippen LogP) is -0.951. The zero-order valence-electron chi connectivity index (χ0n) is 12.9. The van der Waals surface area contributed by atoms with Crippen molar-refractivity contribution in [3.63, 3.8) is 0 Å². The highest BCUT2D eigenvalue weighted by molar-refractivity contribution is 7.80. The maximum absolute atomic E-state index is 12.2. The molecule has 3 amide bonds. The largest absolute Gasteiger partial charge is 0.418 e. The van der Waals surface area contributed by atoms with Gasteiger partial charge in [0.2, 0.25) is 5.91 Å². The van der Waals surface area contributed by atoms with E-state index in [9.17, 15) is 18.0 Å². The van der Waals surface area contributed by atoms with E-state index >= 15 is 0 Å². The van der Waals surface area contributed by atoms with Gasteiger partial charge in [0.1, 0.15) is 11.7 Å². The summed E-state index contributed by atoms with van der Waals surface area (Å²) in [5.41, 5.74) is 0. The minimum atomic E-state index is -4.82. The molecule has 2 aliphatic rings. The molecule has 0 aliphatic carbocycles. The molecule has 1 aromatic rings. The zero-order valence-corrected chi connectivity index (χ0v) is 13.7. The number of piperidine rings is 1. The third kappa shape index (κ3) is 3.78. The molecule has 2 atom stereocenters. The molecular weight excluding hydrogens is 356 g/mol. The highest BCUT2D eigenvalue weighted by atomic mass is 32.3. The molecule has 1 aromatic heterocycles. The van der Waals surface area contributed by atoms with Gasteiger partial charge in [-0.25, -0.2) is 9.78 Å². The molecule has 0 radical (unpaired) electrons. The number of amidine groups is 1. The van der Waals surface area contributed by atoms with Gasteiger partial charge in [-0.1, -0.05) is 0 Å². The molecule has 2 fully saturated rings.